The number of Topliss-reactive ketones (excluding diaryl/α,β-unsaturated/α-hetero) is 1. The molecule has 2 aromatic carbocycles. The van der Waals surface area contributed by atoms with Gasteiger partial charge in [-0.15, -0.1) is 5.10 Å². The first-order valence-corrected chi connectivity index (χ1v) is 10.8. The van der Waals surface area contributed by atoms with Crippen LogP contribution in [0.3, 0.4) is 0 Å². The van der Waals surface area contributed by atoms with Crippen molar-refractivity contribution in [1.82, 2.24) is 24.5 Å². The van der Waals surface area contributed by atoms with E-state index in [1.165, 1.54) is 0 Å². The first-order chi connectivity index (χ1) is 15.5. The van der Waals surface area contributed by atoms with Gasteiger partial charge < -0.3 is 9.30 Å². The van der Waals surface area contributed by atoms with Crippen molar-refractivity contribution in [2.45, 2.75) is 32.2 Å². The van der Waals surface area contributed by atoms with Crippen molar-refractivity contribution in [3.05, 3.63) is 88.2 Å². The molecule has 0 fully saturated rings. The molecule has 0 radical (unpaired) electrons. The quantitative estimate of drug-likeness (QED) is 0.410. The largest absolute Gasteiger partial charge is 0.495 e. The van der Waals surface area contributed by atoms with Crippen molar-refractivity contribution >= 4 is 17.4 Å². The summed E-state index contributed by atoms with van der Waals surface area (Å²) in [6.45, 7) is 1.93. The Bertz CT molecular complexity index is 1290. The molecular formula is C24H22ClN5O2. The summed E-state index contributed by atoms with van der Waals surface area (Å²) in [5.74, 6) is 0.596. The molecule has 162 valence electrons. The SMILES string of the molecule is COc1cc(C(=O)Cc2nnn3c2CCC3c2ccc(Cl)cc2)ccc1-n1cnc(C)c1. The molecule has 0 N–H and O–H groups in total. The summed E-state index contributed by atoms with van der Waals surface area (Å²) in [7, 11) is 1.60. The molecule has 0 amide bonds. The lowest BCUT2D eigenvalue weighted by Gasteiger charge is -2.11. The molecule has 1 aliphatic rings. The van der Waals surface area contributed by atoms with Crippen LogP contribution in [0.4, 0.5) is 0 Å². The molecule has 0 saturated heterocycles. The second-order valence-electron chi connectivity index (χ2n) is 7.94. The van der Waals surface area contributed by atoms with Crippen LogP contribution in [0, 0.1) is 6.92 Å². The summed E-state index contributed by atoms with van der Waals surface area (Å²) >= 11 is 6.02. The standard InChI is InChI=1S/C24H22ClN5O2/c1-15-13-29(14-26-15)22-8-5-17(11-24(22)32-2)23(31)12-19-21-10-9-20(30(21)28-27-19)16-3-6-18(25)7-4-16/h3-8,11,13-14,20H,9-10,12H2,1-2H3. The molecule has 2 aromatic heterocycles. The summed E-state index contributed by atoms with van der Waals surface area (Å²) in [6.07, 6.45) is 5.61. The molecule has 1 unspecified atom stereocenters. The highest BCUT2D eigenvalue weighted by Crippen LogP contribution is 2.33. The van der Waals surface area contributed by atoms with Gasteiger partial charge in [-0.3, -0.25) is 4.79 Å². The molecule has 4 aromatic rings. The Balaban J connectivity index is 1.37. The highest BCUT2D eigenvalue weighted by atomic mass is 35.5. The lowest BCUT2D eigenvalue weighted by atomic mass is 10.0. The van der Waals surface area contributed by atoms with Gasteiger partial charge in [0.2, 0.25) is 0 Å². The number of aromatic nitrogens is 5. The van der Waals surface area contributed by atoms with Crippen LogP contribution < -0.4 is 4.74 Å². The number of ketones is 1. The van der Waals surface area contributed by atoms with Gasteiger partial charge in [-0.2, -0.15) is 0 Å². The Labute approximate surface area is 190 Å². The first-order valence-electron chi connectivity index (χ1n) is 10.4. The zero-order valence-electron chi connectivity index (χ0n) is 17.8. The van der Waals surface area contributed by atoms with Gasteiger partial charge in [-0.1, -0.05) is 28.9 Å². The number of benzene rings is 2. The fraction of sp³-hybridized carbons (Fsp3) is 0.250. The van der Waals surface area contributed by atoms with Crippen LogP contribution in [0.25, 0.3) is 5.69 Å². The van der Waals surface area contributed by atoms with Crippen molar-refractivity contribution in [3.63, 3.8) is 0 Å². The summed E-state index contributed by atoms with van der Waals surface area (Å²) in [5, 5.41) is 9.40. The summed E-state index contributed by atoms with van der Waals surface area (Å²) in [4.78, 5) is 17.3. The van der Waals surface area contributed by atoms with Gasteiger partial charge in [0, 0.05) is 16.8 Å². The van der Waals surface area contributed by atoms with Crippen molar-refractivity contribution in [2.24, 2.45) is 0 Å². The number of rotatable bonds is 6. The Morgan fingerprint density at radius 3 is 2.75 bits per heavy atom. The van der Waals surface area contributed by atoms with Gasteiger partial charge in [-0.25, -0.2) is 9.67 Å². The smallest absolute Gasteiger partial charge is 0.169 e. The molecule has 0 aliphatic carbocycles. The van der Waals surface area contributed by atoms with E-state index in [1.54, 1.807) is 19.5 Å². The van der Waals surface area contributed by atoms with E-state index in [0.717, 1.165) is 41.2 Å². The Kier molecular flexibility index (Phi) is 5.27. The van der Waals surface area contributed by atoms with E-state index < -0.39 is 0 Å². The number of nitrogens with zero attached hydrogens (tertiary/aromatic N) is 5. The zero-order chi connectivity index (χ0) is 22.2. The van der Waals surface area contributed by atoms with Crippen LogP contribution in [-0.4, -0.2) is 37.4 Å². The molecule has 5 rings (SSSR count). The minimum absolute atomic E-state index is 0.0186. The molecule has 3 heterocycles. The predicted octanol–water partition coefficient (Wildman–Crippen LogP) is 4.40. The second-order valence-corrected chi connectivity index (χ2v) is 8.38. The van der Waals surface area contributed by atoms with Gasteiger partial charge in [0.25, 0.3) is 0 Å². The number of hydrogen-bond donors (Lipinski definition) is 0. The summed E-state index contributed by atoms with van der Waals surface area (Å²) in [5.41, 5.74) is 5.23. The lowest BCUT2D eigenvalue weighted by Crippen LogP contribution is -2.08. The predicted molar refractivity (Wildman–Crippen MR) is 121 cm³/mol. The number of imidazole rings is 1. The molecule has 0 saturated carbocycles. The Morgan fingerprint density at radius 1 is 1.22 bits per heavy atom. The highest BCUT2D eigenvalue weighted by molar-refractivity contribution is 6.30. The first kappa shape index (κ1) is 20.5. The third-order valence-corrected chi connectivity index (χ3v) is 6.15. The molecule has 0 bridgehead atoms. The average molecular weight is 448 g/mol. The van der Waals surface area contributed by atoms with E-state index in [1.807, 2.05) is 58.8 Å². The lowest BCUT2D eigenvalue weighted by molar-refractivity contribution is 0.0991. The van der Waals surface area contributed by atoms with Crippen molar-refractivity contribution in [2.75, 3.05) is 7.11 Å². The van der Waals surface area contributed by atoms with Crippen LogP contribution in [0.15, 0.2) is 55.0 Å². The van der Waals surface area contributed by atoms with Crippen LogP contribution in [0.1, 0.15) is 45.5 Å². The molecule has 32 heavy (non-hydrogen) atoms. The average Bonchev–Trinajstić information content (AvgIpc) is 3.52. The minimum atomic E-state index is -0.0186. The third kappa shape index (κ3) is 3.69. The van der Waals surface area contributed by atoms with Crippen molar-refractivity contribution in [3.8, 4) is 11.4 Å². The zero-order valence-corrected chi connectivity index (χ0v) is 18.6. The Morgan fingerprint density at radius 2 is 2.03 bits per heavy atom. The fourth-order valence-electron chi connectivity index (χ4n) is 4.25. The maximum absolute atomic E-state index is 13.1. The number of carbonyl (C=O) groups is 1. The molecule has 8 heteroatoms. The molecular weight excluding hydrogens is 426 g/mol. The highest BCUT2D eigenvalue weighted by Gasteiger charge is 2.29. The number of ether oxygens (including phenoxy) is 1. The second kappa shape index (κ2) is 8.24. The van der Waals surface area contributed by atoms with E-state index in [2.05, 4.69) is 15.3 Å². The van der Waals surface area contributed by atoms with Crippen molar-refractivity contribution in [1.29, 1.82) is 0 Å². The van der Waals surface area contributed by atoms with Gasteiger partial charge >= 0.3 is 0 Å². The fourth-order valence-corrected chi connectivity index (χ4v) is 4.38. The number of methoxy groups -OCH3 is 1. The maximum Gasteiger partial charge on any atom is 0.169 e. The summed E-state index contributed by atoms with van der Waals surface area (Å²) < 4.78 is 9.36. The number of hydrogen-bond acceptors (Lipinski definition) is 5. The van der Waals surface area contributed by atoms with Gasteiger partial charge in [-0.05, 0) is 55.7 Å². The molecule has 1 aliphatic heterocycles. The number of fused-ring (bicyclic) bond motifs is 1. The van der Waals surface area contributed by atoms with Gasteiger partial charge in [0.05, 0.1) is 48.7 Å². The van der Waals surface area contributed by atoms with Crippen LogP contribution >= 0.6 is 11.6 Å². The number of halogens is 1. The van der Waals surface area contributed by atoms with Gasteiger partial charge in [0.1, 0.15) is 5.75 Å². The topological polar surface area (TPSA) is 74.8 Å². The third-order valence-electron chi connectivity index (χ3n) is 5.90. The summed E-state index contributed by atoms with van der Waals surface area (Å²) in [6, 6.07) is 13.4. The van der Waals surface area contributed by atoms with E-state index in [0.29, 0.717) is 16.3 Å². The molecule has 7 nitrogen and oxygen atoms in total. The van der Waals surface area contributed by atoms with Gasteiger partial charge in [0.15, 0.2) is 5.78 Å². The maximum atomic E-state index is 13.1. The van der Waals surface area contributed by atoms with Crippen LogP contribution in [0.5, 0.6) is 5.75 Å². The van der Waals surface area contributed by atoms with E-state index >= 15 is 0 Å². The number of carbonyl (C=O) groups excluding carboxylic acids is 1. The van der Waals surface area contributed by atoms with E-state index in [4.69, 9.17) is 16.3 Å². The number of aryl methyl sites for hydroxylation is 1. The normalized spacial score (nSPS) is 15.0. The van der Waals surface area contributed by atoms with Crippen LogP contribution in [-0.2, 0) is 12.8 Å². The van der Waals surface area contributed by atoms with Crippen molar-refractivity contribution < 1.29 is 9.53 Å². The molecule has 1 atom stereocenters. The van der Waals surface area contributed by atoms with E-state index in [9.17, 15) is 4.79 Å². The van der Waals surface area contributed by atoms with E-state index in [-0.39, 0.29) is 18.2 Å². The monoisotopic (exact) mass is 447 g/mol. The minimum Gasteiger partial charge on any atom is -0.495 e. The molecule has 0 spiro atoms. The Hall–Kier alpha value is -3.45. The van der Waals surface area contributed by atoms with Crippen LogP contribution in [0.2, 0.25) is 5.02 Å².